The van der Waals surface area contributed by atoms with E-state index in [-0.39, 0.29) is 12.2 Å². The Balaban J connectivity index is 1.49. The standard InChI is InChI=1S/C19H15ClFN5O3/c1-10-13(20)3-2-4-14(10)22-15(27)9-25-17-16(23-24-25)18(28)26(19(17)29)12-7-5-11(21)6-8-12/h2-8,16-17H,9H2,1H3,(H,22,27)/t16-,17-/m0/s1. The van der Waals surface area contributed by atoms with Crippen molar-refractivity contribution in [2.75, 3.05) is 16.8 Å². The summed E-state index contributed by atoms with van der Waals surface area (Å²) in [5, 5.41) is 12.1. The molecule has 148 valence electrons. The SMILES string of the molecule is Cc1c(Cl)cccc1NC(=O)CN1N=N[C@@H]2C(=O)N(c3ccc(F)cc3)C(=O)[C@H]21. The maximum atomic E-state index is 13.2. The highest BCUT2D eigenvalue weighted by atomic mass is 35.5. The van der Waals surface area contributed by atoms with Crippen molar-refractivity contribution in [2.45, 2.75) is 19.0 Å². The molecule has 2 aliphatic heterocycles. The molecule has 0 saturated carbocycles. The number of carbonyl (C=O) groups excluding carboxylic acids is 3. The van der Waals surface area contributed by atoms with Crippen LogP contribution in [-0.4, -0.2) is 41.4 Å². The Labute approximate surface area is 169 Å². The van der Waals surface area contributed by atoms with Crippen molar-refractivity contribution >= 4 is 40.7 Å². The van der Waals surface area contributed by atoms with Gasteiger partial charge in [0.05, 0.1) is 5.69 Å². The van der Waals surface area contributed by atoms with E-state index < -0.39 is 35.6 Å². The topological polar surface area (TPSA) is 94.4 Å². The lowest BCUT2D eigenvalue weighted by Gasteiger charge is -2.20. The van der Waals surface area contributed by atoms with Gasteiger partial charge >= 0.3 is 0 Å². The van der Waals surface area contributed by atoms with Gasteiger partial charge in [-0.3, -0.25) is 19.4 Å². The fraction of sp³-hybridized carbons (Fsp3) is 0.211. The predicted octanol–water partition coefficient (Wildman–Crippen LogP) is 2.72. The lowest BCUT2D eigenvalue weighted by molar-refractivity contribution is -0.123. The number of halogens is 2. The van der Waals surface area contributed by atoms with Gasteiger partial charge in [0.15, 0.2) is 12.1 Å². The van der Waals surface area contributed by atoms with Gasteiger partial charge in [-0.05, 0) is 48.9 Å². The Morgan fingerprint density at radius 3 is 2.62 bits per heavy atom. The van der Waals surface area contributed by atoms with E-state index in [1.807, 2.05) is 0 Å². The Bertz CT molecular complexity index is 1040. The molecule has 0 radical (unpaired) electrons. The van der Waals surface area contributed by atoms with Gasteiger partial charge < -0.3 is 5.32 Å². The van der Waals surface area contributed by atoms with Gasteiger partial charge in [0.1, 0.15) is 12.4 Å². The average Bonchev–Trinajstić information content (AvgIpc) is 3.20. The summed E-state index contributed by atoms with van der Waals surface area (Å²) < 4.78 is 13.2. The summed E-state index contributed by atoms with van der Waals surface area (Å²) in [5.74, 6) is -2.05. The molecule has 2 atom stereocenters. The Hall–Kier alpha value is -3.33. The second-order valence-electron chi connectivity index (χ2n) is 6.64. The van der Waals surface area contributed by atoms with Crippen LogP contribution in [0.4, 0.5) is 15.8 Å². The van der Waals surface area contributed by atoms with E-state index in [9.17, 15) is 18.8 Å². The largest absolute Gasteiger partial charge is 0.324 e. The summed E-state index contributed by atoms with van der Waals surface area (Å²) in [6.45, 7) is 1.50. The predicted molar refractivity (Wildman–Crippen MR) is 103 cm³/mol. The van der Waals surface area contributed by atoms with E-state index in [1.165, 1.54) is 17.1 Å². The number of rotatable bonds is 4. The van der Waals surface area contributed by atoms with Crippen molar-refractivity contribution in [2.24, 2.45) is 10.3 Å². The molecule has 1 fully saturated rings. The number of carbonyl (C=O) groups is 3. The molecule has 0 unspecified atom stereocenters. The molecule has 2 heterocycles. The molecule has 0 bridgehead atoms. The fourth-order valence-corrected chi connectivity index (χ4v) is 3.45. The quantitative estimate of drug-likeness (QED) is 0.777. The number of amides is 3. The van der Waals surface area contributed by atoms with Crippen LogP contribution in [0, 0.1) is 12.7 Å². The molecule has 0 aromatic heterocycles. The van der Waals surface area contributed by atoms with E-state index in [0.29, 0.717) is 16.3 Å². The molecule has 3 amide bonds. The highest BCUT2D eigenvalue weighted by molar-refractivity contribution is 6.31. The van der Waals surface area contributed by atoms with E-state index in [0.717, 1.165) is 17.0 Å². The van der Waals surface area contributed by atoms with Gasteiger partial charge in [-0.2, -0.15) is 5.11 Å². The first-order chi connectivity index (χ1) is 13.9. The van der Waals surface area contributed by atoms with Crippen molar-refractivity contribution in [3.8, 4) is 0 Å². The lowest BCUT2D eigenvalue weighted by Crippen LogP contribution is -2.43. The molecule has 2 aromatic carbocycles. The van der Waals surface area contributed by atoms with Crippen LogP contribution < -0.4 is 10.2 Å². The van der Waals surface area contributed by atoms with Gasteiger partial charge in [-0.25, -0.2) is 9.29 Å². The minimum absolute atomic E-state index is 0.241. The lowest BCUT2D eigenvalue weighted by atomic mass is 10.1. The number of nitrogens with one attached hydrogen (secondary N) is 1. The molecule has 4 rings (SSSR count). The summed E-state index contributed by atoms with van der Waals surface area (Å²) in [6, 6.07) is 8.05. The number of hydrogen-bond donors (Lipinski definition) is 1. The molecule has 29 heavy (non-hydrogen) atoms. The van der Waals surface area contributed by atoms with Crippen molar-refractivity contribution in [1.29, 1.82) is 0 Å². The van der Waals surface area contributed by atoms with Crippen LogP contribution in [0.3, 0.4) is 0 Å². The van der Waals surface area contributed by atoms with E-state index >= 15 is 0 Å². The molecular formula is C19H15ClFN5O3. The number of imide groups is 1. The van der Waals surface area contributed by atoms with Crippen LogP contribution in [0.2, 0.25) is 5.02 Å². The molecule has 0 spiro atoms. The van der Waals surface area contributed by atoms with E-state index in [1.54, 1.807) is 25.1 Å². The first-order valence-electron chi connectivity index (χ1n) is 8.72. The number of hydrogen-bond acceptors (Lipinski definition) is 6. The minimum atomic E-state index is -1.03. The Morgan fingerprint density at radius 2 is 1.90 bits per heavy atom. The monoisotopic (exact) mass is 415 g/mol. The van der Waals surface area contributed by atoms with Gasteiger partial charge in [-0.15, -0.1) is 0 Å². The summed E-state index contributed by atoms with van der Waals surface area (Å²) in [6.07, 6.45) is 0. The summed E-state index contributed by atoms with van der Waals surface area (Å²) in [5.41, 5.74) is 1.49. The molecular weight excluding hydrogens is 401 g/mol. The van der Waals surface area contributed by atoms with Gasteiger partial charge in [0, 0.05) is 10.7 Å². The maximum Gasteiger partial charge on any atom is 0.263 e. The maximum absolute atomic E-state index is 13.2. The highest BCUT2D eigenvalue weighted by Crippen LogP contribution is 2.32. The number of nitrogens with zero attached hydrogens (tertiary/aromatic N) is 4. The fourth-order valence-electron chi connectivity index (χ4n) is 3.28. The van der Waals surface area contributed by atoms with Crippen LogP contribution in [0.5, 0.6) is 0 Å². The third-order valence-corrected chi connectivity index (χ3v) is 5.20. The third-order valence-electron chi connectivity index (χ3n) is 4.79. The van der Waals surface area contributed by atoms with Crippen LogP contribution >= 0.6 is 11.6 Å². The highest BCUT2D eigenvalue weighted by Gasteiger charge is 2.55. The average molecular weight is 416 g/mol. The molecule has 1 N–H and O–H groups in total. The van der Waals surface area contributed by atoms with Crippen molar-refractivity contribution in [1.82, 2.24) is 5.01 Å². The van der Waals surface area contributed by atoms with Crippen LogP contribution in [0.25, 0.3) is 0 Å². The van der Waals surface area contributed by atoms with Crippen LogP contribution in [-0.2, 0) is 14.4 Å². The first kappa shape index (κ1) is 19.0. The van der Waals surface area contributed by atoms with Crippen molar-refractivity contribution < 1.29 is 18.8 Å². The van der Waals surface area contributed by atoms with Crippen molar-refractivity contribution in [3.05, 3.63) is 58.9 Å². The first-order valence-corrected chi connectivity index (χ1v) is 9.10. The number of fused-ring (bicyclic) bond motifs is 1. The molecule has 0 aliphatic carbocycles. The van der Waals surface area contributed by atoms with Crippen LogP contribution in [0.1, 0.15) is 5.56 Å². The Kier molecular flexibility index (Phi) is 4.75. The Morgan fingerprint density at radius 1 is 1.17 bits per heavy atom. The zero-order chi connectivity index (χ0) is 20.7. The number of anilines is 2. The zero-order valence-electron chi connectivity index (χ0n) is 15.2. The van der Waals surface area contributed by atoms with Crippen molar-refractivity contribution in [3.63, 3.8) is 0 Å². The molecule has 2 aliphatic rings. The summed E-state index contributed by atoms with van der Waals surface area (Å²) in [4.78, 5) is 38.8. The summed E-state index contributed by atoms with van der Waals surface area (Å²) >= 11 is 6.05. The zero-order valence-corrected chi connectivity index (χ0v) is 15.9. The second kappa shape index (κ2) is 7.25. The van der Waals surface area contributed by atoms with E-state index in [2.05, 4.69) is 15.7 Å². The van der Waals surface area contributed by atoms with Gasteiger partial charge in [0.2, 0.25) is 5.91 Å². The minimum Gasteiger partial charge on any atom is -0.324 e. The van der Waals surface area contributed by atoms with Crippen LogP contribution in [0.15, 0.2) is 52.8 Å². The molecule has 8 nitrogen and oxygen atoms in total. The smallest absolute Gasteiger partial charge is 0.263 e. The normalized spacial score (nSPS) is 20.4. The summed E-state index contributed by atoms with van der Waals surface area (Å²) in [7, 11) is 0. The molecule has 10 heteroatoms. The van der Waals surface area contributed by atoms with E-state index in [4.69, 9.17) is 11.6 Å². The number of benzene rings is 2. The third kappa shape index (κ3) is 3.33. The second-order valence-corrected chi connectivity index (χ2v) is 7.05. The van der Waals surface area contributed by atoms with Gasteiger partial charge in [-0.1, -0.05) is 22.9 Å². The molecule has 2 aromatic rings. The van der Waals surface area contributed by atoms with Gasteiger partial charge in [0.25, 0.3) is 11.8 Å². The molecule has 1 saturated heterocycles.